The number of ether oxygens (including phenoxy) is 1. The Morgan fingerprint density at radius 3 is 2.42 bits per heavy atom. The van der Waals surface area contributed by atoms with E-state index in [9.17, 15) is 4.79 Å². The Labute approximate surface area is 148 Å². The molecule has 1 heterocycles. The van der Waals surface area contributed by atoms with Gasteiger partial charge in [-0.2, -0.15) is 0 Å². The monoisotopic (exact) mass is 361 g/mol. The zero-order valence-electron chi connectivity index (χ0n) is 12.8. The number of esters is 1. The van der Waals surface area contributed by atoms with Gasteiger partial charge in [0.25, 0.3) is 0 Å². The van der Waals surface area contributed by atoms with Crippen molar-refractivity contribution in [2.24, 2.45) is 0 Å². The highest BCUT2D eigenvalue weighted by Gasteiger charge is 2.23. The number of carbonyl (C=O) groups is 1. The molecule has 0 fully saturated rings. The normalized spacial score (nSPS) is 10.6. The van der Waals surface area contributed by atoms with Gasteiger partial charge in [-0.05, 0) is 19.1 Å². The highest BCUT2D eigenvalue weighted by atomic mass is 35.5. The third kappa shape index (κ3) is 3.30. The van der Waals surface area contributed by atoms with Crippen LogP contribution >= 0.6 is 23.2 Å². The van der Waals surface area contributed by atoms with Crippen LogP contribution in [-0.4, -0.2) is 11.1 Å². The standard InChI is InChI=1S/C18H13Cl2NO3/c1-11-16(17(21-24-11)12-6-3-2-4-7-12)18(22)23-10-13-14(19)8-5-9-15(13)20/h2-9H,10H2,1H3. The first kappa shape index (κ1) is 16.6. The predicted octanol–water partition coefficient (Wildman–Crippen LogP) is 5.31. The van der Waals surface area contributed by atoms with Gasteiger partial charge in [-0.1, -0.05) is 64.8 Å². The first-order valence-electron chi connectivity index (χ1n) is 7.19. The first-order valence-corrected chi connectivity index (χ1v) is 7.95. The summed E-state index contributed by atoms with van der Waals surface area (Å²) in [5.74, 6) is -0.146. The van der Waals surface area contributed by atoms with Gasteiger partial charge in [-0.15, -0.1) is 0 Å². The van der Waals surface area contributed by atoms with E-state index in [4.69, 9.17) is 32.5 Å². The lowest BCUT2D eigenvalue weighted by Gasteiger charge is -2.08. The molecule has 24 heavy (non-hydrogen) atoms. The molecule has 4 nitrogen and oxygen atoms in total. The quantitative estimate of drug-likeness (QED) is 0.590. The number of halogens is 2. The zero-order chi connectivity index (χ0) is 17.1. The van der Waals surface area contributed by atoms with Crippen molar-refractivity contribution in [2.45, 2.75) is 13.5 Å². The zero-order valence-corrected chi connectivity index (χ0v) is 14.3. The summed E-state index contributed by atoms with van der Waals surface area (Å²) in [5.41, 5.74) is 2.08. The summed E-state index contributed by atoms with van der Waals surface area (Å²) in [5, 5.41) is 4.86. The molecule has 0 saturated heterocycles. The molecule has 1 aromatic heterocycles. The maximum absolute atomic E-state index is 12.5. The molecule has 0 radical (unpaired) electrons. The number of aryl methyl sites for hydroxylation is 1. The van der Waals surface area contributed by atoms with Crippen LogP contribution < -0.4 is 0 Å². The van der Waals surface area contributed by atoms with Gasteiger partial charge in [-0.3, -0.25) is 0 Å². The fourth-order valence-electron chi connectivity index (χ4n) is 2.29. The average molecular weight is 362 g/mol. The first-order chi connectivity index (χ1) is 11.6. The Kier molecular flexibility index (Phi) is 4.88. The van der Waals surface area contributed by atoms with Crippen molar-refractivity contribution in [3.8, 4) is 11.3 Å². The molecule has 0 atom stereocenters. The van der Waals surface area contributed by atoms with Crippen molar-refractivity contribution >= 4 is 29.2 Å². The fourth-order valence-corrected chi connectivity index (χ4v) is 2.79. The molecule has 3 rings (SSSR count). The summed E-state index contributed by atoms with van der Waals surface area (Å²) in [6.07, 6.45) is 0. The van der Waals surface area contributed by atoms with Gasteiger partial charge in [0.05, 0.1) is 0 Å². The second-order valence-electron chi connectivity index (χ2n) is 5.10. The Bertz CT molecular complexity index is 855. The Morgan fingerprint density at radius 2 is 1.75 bits per heavy atom. The minimum Gasteiger partial charge on any atom is -0.457 e. The van der Waals surface area contributed by atoms with E-state index in [2.05, 4.69) is 5.16 Å². The van der Waals surface area contributed by atoms with E-state index >= 15 is 0 Å². The van der Waals surface area contributed by atoms with Crippen molar-refractivity contribution in [1.82, 2.24) is 5.16 Å². The SMILES string of the molecule is Cc1onc(-c2ccccc2)c1C(=O)OCc1c(Cl)cccc1Cl. The smallest absolute Gasteiger partial charge is 0.344 e. The van der Waals surface area contributed by atoms with Crippen LogP contribution in [0.15, 0.2) is 53.1 Å². The fraction of sp³-hybridized carbons (Fsp3) is 0.111. The van der Waals surface area contributed by atoms with Crippen molar-refractivity contribution < 1.29 is 14.1 Å². The van der Waals surface area contributed by atoms with E-state index in [1.807, 2.05) is 30.3 Å². The van der Waals surface area contributed by atoms with Gasteiger partial charge in [0.2, 0.25) is 0 Å². The third-order valence-electron chi connectivity index (χ3n) is 3.52. The minimum absolute atomic E-state index is 0.0316. The molecular formula is C18H13Cl2NO3. The second-order valence-corrected chi connectivity index (χ2v) is 5.92. The summed E-state index contributed by atoms with van der Waals surface area (Å²) in [6.45, 7) is 1.63. The number of rotatable bonds is 4. The number of nitrogens with zero attached hydrogens (tertiary/aromatic N) is 1. The van der Waals surface area contributed by atoms with E-state index < -0.39 is 5.97 Å². The Balaban J connectivity index is 1.85. The van der Waals surface area contributed by atoms with Crippen LogP contribution in [0.2, 0.25) is 10.0 Å². The van der Waals surface area contributed by atoms with Gasteiger partial charge >= 0.3 is 5.97 Å². The topological polar surface area (TPSA) is 52.3 Å². The van der Waals surface area contributed by atoms with Crippen LogP contribution in [0, 0.1) is 6.92 Å². The molecule has 0 aliphatic rings. The Hall–Kier alpha value is -2.30. The van der Waals surface area contributed by atoms with Crippen LogP contribution in [0.5, 0.6) is 0 Å². The molecule has 0 unspecified atom stereocenters. The molecule has 122 valence electrons. The summed E-state index contributed by atoms with van der Waals surface area (Å²) < 4.78 is 10.5. The van der Waals surface area contributed by atoms with Crippen molar-refractivity contribution in [3.63, 3.8) is 0 Å². The van der Waals surface area contributed by atoms with Gasteiger partial charge in [-0.25, -0.2) is 4.79 Å². The highest BCUT2D eigenvalue weighted by Crippen LogP contribution is 2.28. The van der Waals surface area contributed by atoms with E-state index in [1.165, 1.54) is 0 Å². The average Bonchev–Trinajstić information content (AvgIpc) is 2.97. The number of carbonyl (C=O) groups excluding carboxylic acids is 1. The number of benzene rings is 2. The summed E-state index contributed by atoms with van der Waals surface area (Å²) in [7, 11) is 0. The van der Waals surface area contributed by atoms with E-state index in [0.717, 1.165) is 5.56 Å². The number of hydrogen-bond acceptors (Lipinski definition) is 4. The summed E-state index contributed by atoms with van der Waals surface area (Å²) >= 11 is 12.2. The lowest BCUT2D eigenvalue weighted by atomic mass is 10.1. The van der Waals surface area contributed by atoms with Crippen LogP contribution in [0.25, 0.3) is 11.3 Å². The maximum Gasteiger partial charge on any atom is 0.344 e. The van der Waals surface area contributed by atoms with Crippen LogP contribution in [0.1, 0.15) is 21.7 Å². The molecule has 0 bridgehead atoms. The highest BCUT2D eigenvalue weighted by molar-refractivity contribution is 6.35. The molecule has 0 N–H and O–H groups in total. The number of aromatic nitrogens is 1. The third-order valence-corrected chi connectivity index (χ3v) is 4.23. The molecule has 0 saturated carbocycles. The predicted molar refractivity (Wildman–Crippen MR) is 92.3 cm³/mol. The van der Waals surface area contributed by atoms with Crippen LogP contribution in [0.4, 0.5) is 0 Å². The molecule has 3 aromatic rings. The summed E-state index contributed by atoms with van der Waals surface area (Å²) in [4.78, 5) is 12.5. The second kappa shape index (κ2) is 7.07. The van der Waals surface area contributed by atoms with Crippen molar-refractivity contribution in [3.05, 3.63) is 75.5 Å². The minimum atomic E-state index is -0.538. The molecule has 0 aliphatic heterocycles. The largest absolute Gasteiger partial charge is 0.457 e. The van der Waals surface area contributed by atoms with Crippen LogP contribution in [0.3, 0.4) is 0 Å². The van der Waals surface area contributed by atoms with E-state index in [1.54, 1.807) is 25.1 Å². The van der Waals surface area contributed by atoms with E-state index in [0.29, 0.717) is 32.6 Å². The van der Waals surface area contributed by atoms with Crippen molar-refractivity contribution in [1.29, 1.82) is 0 Å². The molecular weight excluding hydrogens is 349 g/mol. The van der Waals surface area contributed by atoms with E-state index in [-0.39, 0.29) is 6.61 Å². The van der Waals surface area contributed by atoms with Crippen molar-refractivity contribution in [2.75, 3.05) is 0 Å². The van der Waals surface area contributed by atoms with Crippen LogP contribution in [-0.2, 0) is 11.3 Å². The molecule has 2 aromatic carbocycles. The number of hydrogen-bond donors (Lipinski definition) is 0. The lowest BCUT2D eigenvalue weighted by Crippen LogP contribution is -2.08. The maximum atomic E-state index is 12.5. The van der Waals surface area contributed by atoms with Gasteiger partial charge in [0, 0.05) is 21.2 Å². The molecule has 0 spiro atoms. The van der Waals surface area contributed by atoms with Gasteiger partial charge in [0.15, 0.2) is 0 Å². The van der Waals surface area contributed by atoms with Gasteiger partial charge < -0.3 is 9.26 Å². The van der Waals surface area contributed by atoms with Gasteiger partial charge in [0.1, 0.15) is 23.6 Å². The molecule has 6 heteroatoms. The summed E-state index contributed by atoms with van der Waals surface area (Å²) in [6, 6.07) is 14.4. The molecule has 0 amide bonds. The Morgan fingerprint density at radius 1 is 1.08 bits per heavy atom. The molecule has 0 aliphatic carbocycles. The lowest BCUT2D eigenvalue weighted by molar-refractivity contribution is 0.0472.